The van der Waals surface area contributed by atoms with E-state index >= 15 is 0 Å². The second-order valence-electron chi connectivity index (χ2n) is 3.05. The Morgan fingerprint density at radius 2 is 2.20 bits per heavy atom. The summed E-state index contributed by atoms with van der Waals surface area (Å²) < 4.78 is 31.3. The van der Waals surface area contributed by atoms with Gasteiger partial charge in [-0.05, 0) is 12.1 Å². The molecule has 80 valence electrons. The molecule has 3 nitrogen and oxygen atoms in total. The number of carbonyl (C=O) groups excluding carboxylic acids is 1. The standard InChI is InChI=1S/C9H6ClF2NO2/c10-4-1-2-5(11)7(8(4)12)6-3-15-9(14)13-6/h1-2,6H,3H2,(H,13,14)/t6-/m1/s1. The summed E-state index contributed by atoms with van der Waals surface area (Å²) in [6, 6.07) is 1.34. The number of ether oxygens (including phenoxy) is 1. The van der Waals surface area contributed by atoms with Crippen molar-refractivity contribution in [2.75, 3.05) is 6.61 Å². The SMILES string of the molecule is O=C1N[C@@H](c2c(F)ccc(Cl)c2F)CO1. The minimum absolute atomic E-state index is 0.104. The number of benzene rings is 1. The van der Waals surface area contributed by atoms with Crippen molar-refractivity contribution in [1.82, 2.24) is 5.32 Å². The summed E-state index contributed by atoms with van der Waals surface area (Å²) in [5.74, 6) is -1.62. The molecule has 1 saturated heterocycles. The van der Waals surface area contributed by atoms with E-state index in [1.807, 2.05) is 0 Å². The van der Waals surface area contributed by atoms with E-state index in [2.05, 4.69) is 10.1 Å². The van der Waals surface area contributed by atoms with Gasteiger partial charge >= 0.3 is 6.09 Å². The average molecular weight is 234 g/mol. The second kappa shape index (κ2) is 3.66. The third kappa shape index (κ3) is 1.74. The molecule has 0 radical (unpaired) electrons. The monoisotopic (exact) mass is 233 g/mol. The van der Waals surface area contributed by atoms with Gasteiger partial charge in [0.15, 0.2) is 0 Å². The fraction of sp³-hybridized carbons (Fsp3) is 0.222. The highest BCUT2D eigenvalue weighted by Gasteiger charge is 2.29. The number of amides is 1. The van der Waals surface area contributed by atoms with E-state index in [0.717, 1.165) is 12.1 Å². The van der Waals surface area contributed by atoms with Gasteiger partial charge in [-0.25, -0.2) is 13.6 Å². The maximum atomic E-state index is 13.5. The van der Waals surface area contributed by atoms with Gasteiger partial charge in [0.2, 0.25) is 0 Å². The Labute approximate surface area is 89.0 Å². The summed E-state index contributed by atoms with van der Waals surface area (Å²) in [4.78, 5) is 10.7. The van der Waals surface area contributed by atoms with Crippen LogP contribution in [0.3, 0.4) is 0 Å². The summed E-state index contributed by atoms with van der Waals surface area (Å²) in [6.07, 6.45) is -0.696. The van der Waals surface area contributed by atoms with Gasteiger partial charge in [-0.1, -0.05) is 11.6 Å². The van der Waals surface area contributed by atoms with Crippen molar-refractivity contribution in [3.63, 3.8) is 0 Å². The highest BCUT2D eigenvalue weighted by molar-refractivity contribution is 6.30. The number of rotatable bonds is 1. The van der Waals surface area contributed by atoms with E-state index in [1.165, 1.54) is 0 Å². The van der Waals surface area contributed by atoms with E-state index in [-0.39, 0.29) is 17.2 Å². The van der Waals surface area contributed by atoms with Crippen LogP contribution in [0, 0.1) is 11.6 Å². The summed E-state index contributed by atoms with van der Waals surface area (Å²) >= 11 is 5.51. The average Bonchev–Trinajstić information content (AvgIpc) is 2.59. The van der Waals surface area contributed by atoms with Crippen LogP contribution in [0.4, 0.5) is 13.6 Å². The number of hydrogen-bond acceptors (Lipinski definition) is 2. The molecule has 1 fully saturated rings. The van der Waals surface area contributed by atoms with E-state index in [1.54, 1.807) is 0 Å². The van der Waals surface area contributed by atoms with Crippen molar-refractivity contribution in [2.24, 2.45) is 0 Å². The zero-order chi connectivity index (χ0) is 11.0. The lowest BCUT2D eigenvalue weighted by molar-refractivity contribution is 0.176. The molecule has 1 aliphatic heterocycles. The molecule has 15 heavy (non-hydrogen) atoms. The normalized spacial score (nSPS) is 19.9. The van der Waals surface area contributed by atoms with Gasteiger partial charge in [-0.2, -0.15) is 0 Å². The van der Waals surface area contributed by atoms with Crippen molar-refractivity contribution in [1.29, 1.82) is 0 Å². The predicted octanol–water partition coefficient (Wildman–Crippen LogP) is 2.40. The first-order valence-corrected chi connectivity index (χ1v) is 4.54. The van der Waals surface area contributed by atoms with E-state index < -0.39 is 23.8 Å². The molecule has 1 atom stereocenters. The molecule has 1 aromatic rings. The fourth-order valence-corrected chi connectivity index (χ4v) is 1.57. The highest BCUT2D eigenvalue weighted by atomic mass is 35.5. The first-order valence-electron chi connectivity index (χ1n) is 4.16. The van der Waals surface area contributed by atoms with Gasteiger partial charge in [-0.15, -0.1) is 0 Å². The van der Waals surface area contributed by atoms with Crippen molar-refractivity contribution in [2.45, 2.75) is 6.04 Å². The molecule has 0 spiro atoms. The third-order valence-electron chi connectivity index (χ3n) is 2.10. The first-order chi connectivity index (χ1) is 7.09. The van der Waals surface area contributed by atoms with Crippen molar-refractivity contribution >= 4 is 17.7 Å². The Bertz CT molecular complexity index is 425. The Balaban J connectivity index is 2.43. The van der Waals surface area contributed by atoms with Gasteiger partial charge in [0.1, 0.15) is 18.2 Å². The molecule has 0 aromatic heterocycles. The van der Waals surface area contributed by atoms with Crippen molar-refractivity contribution in [3.05, 3.63) is 34.4 Å². The molecule has 1 heterocycles. The number of halogens is 3. The molecular weight excluding hydrogens is 228 g/mol. The van der Waals surface area contributed by atoms with Crippen LogP contribution < -0.4 is 5.32 Å². The number of nitrogens with one attached hydrogen (secondary N) is 1. The largest absolute Gasteiger partial charge is 0.447 e. The summed E-state index contributed by atoms with van der Waals surface area (Å²) in [5, 5.41) is 2.09. The minimum Gasteiger partial charge on any atom is -0.447 e. The molecule has 1 aliphatic rings. The second-order valence-corrected chi connectivity index (χ2v) is 3.46. The van der Waals surface area contributed by atoms with Crippen LogP contribution in [0.15, 0.2) is 12.1 Å². The van der Waals surface area contributed by atoms with Gasteiger partial charge in [-0.3, -0.25) is 0 Å². The molecule has 0 unspecified atom stereocenters. The van der Waals surface area contributed by atoms with Crippen LogP contribution in [0.1, 0.15) is 11.6 Å². The van der Waals surface area contributed by atoms with Crippen LogP contribution in [-0.4, -0.2) is 12.7 Å². The van der Waals surface area contributed by atoms with Crippen molar-refractivity contribution in [3.8, 4) is 0 Å². The van der Waals surface area contributed by atoms with Crippen molar-refractivity contribution < 1.29 is 18.3 Å². The summed E-state index contributed by atoms with van der Waals surface area (Å²) in [5.41, 5.74) is -0.270. The van der Waals surface area contributed by atoms with Crippen LogP contribution in [0.2, 0.25) is 5.02 Å². The maximum Gasteiger partial charge on any atom is 0.407 e. The Morgan fingerprint density at radius 1 is 1.47 bits per heavy atom. The molecule has 2 rings (SSSR count). The maximum absolute atomic E-state index is 13.5. The highest BCUT2D eigenvalue weighted by Crippen LogP contribution is 2.28. The molecular formula is C9H6ClF2NO2. The van der Waals surface area contributed by atoms with Gasteiger partial charge in [0, 0.05) is 0 Å². The van der Waals surface area contributed by atoms with E-state index in [4.69, 9.17) is 11.6 Å². The quantitative estimate of drug-likeness (QED) is 0.757. The van der Waals surface area contributed by atoms with Crippen LogP contribution in [0.25, 0.3) is 0 Å². The molecule has 1 N–H and O–H groups in total. The zero-order valence-electron chi connectivity index (χ0n) is 7.39. The molecule has 0 saturated carbocycles. The smallest absolute Gasteiger partial charge is 0.407 e. The summed E-state index contributed by atoms with van der Waals surface area (Å²) in [7, 11) is 0. The van der Waals surface area contributed by atoms with Crippen LogP contribution in [-0.2, 0) is 4.74 Å². The van der Waals surface area contributed by atoms with Crippen LogP contribution >= 0.6 is 11.6 Å². The molecule has 1 amide bonds. The van der Waals surface area contributed by atoms with Gasteiger partial charge in [0.05, 0.1) is 16.6 Å². The zero-order valence-corrected chi connectivity index (χ0v) is 8.15. The molecule has 0 bridgehead atoms. The Morgan fingerprint density at radius 3 is 2.80 bits per heavy atom. The molecule has 0 aliphatic carbocycles. The minimum atomic E-state index is -0.868. The van der Waals surface area contributed by atoms with E-state index in [9.17, 15) is 13.6 Å². The van der Waals surface area contributed by atoms with E-state index in [0.29, 0.717) is 0 Å². The van der Waals surface area contributed by atoms with Gasteiger partial charge < -0.3 is 10.1 Å². The van der Waals surface area contributed by atoms with Gasteiger partial charge in [0.25, 0.3) is 0 Å². The topological polar surface area (TPSA) is 38.3 Å². The number of carbonyl (C=O) groups is 1. The lowest BCUT2D eigenvalue weighted by Crippen LogP contribution is -2.20. The predicted molar refractivity (Wildman–Crippen MR) is 48.6 cm³/mol. The Kier molecular flexibility index (Phi) is 2.48. The lowest BCUT2D eigenvalue weighted by Gasteiger charge is -2.10. The third-order valence-corrected chi connectivity index (χ3v) is 2.39. The first kappa shape index (κ1) is 10.2. The molecule has 1 aromatic carbocycles. The number of hydrogen-bond donors (Lipinski definition) is 1. The lowest BCUT2D eigenvalue weighted by atomic mass is 10.1. The van der Waals surface area contributed by atoms with Crippen LogP contribution in [0.5, 0.6) is 0 Å². The number of alkyl carbamates (subject to hydrolysis) is 1. The fourth-order valence-electron chi connectivity index (χ4n) is 1.40. The Hall–Kier alpha value is -1.36. The summed E-state index contributed by atoms with van der Waals surface area (Å²) in [6.45, 7) is -0.104. The number of cyclic esters (lactones) is 1. The molecule has 6 heteroatoms.